The largest absolute Gasteiger partial charge is 0.481 e. The van der Waals surface area contributed by atoms with E-state index in [1.54, 1.807) is 7.11 Å². The SMILES string of the molecule is COCC(C)NC(=O)NCC1(CC(=O)O)CCCCC1. The van der Waals surface area contributed by atoms with E-state index >= 15 is 0 Å². The van der Waals surface area contributed by atoms with E-state index < -0.39 is 5.97 Å². The van der Waals surface area contributed by atoms with Crippen molar-refractivity contribution in [2.45, 2.75) is 51.5 Å². The van der Waals surface area contributed by atoms with E-state index in [-0.39, 0.29) is 23.9 Å². The summed E-state index contributed by atoms with van der Waals surface area (Å²) in [6.07, 6.45) is 5.09. The van der Waals surface area contributed by atoms with Crippen LogP contribution < -0.4 is 10.6 Å². The minimum Gasteiger partial charge on any atom is -0.481 e. The molecule has 0 spiro atoms. The quantitative estimate of drug-likeness (QED) is 0.665. The van der Waals surface area contributed by atoms with Crippen LogP contribution in [0.15, 0.2) is 0 Å². The molecule has 1 fully saturated rings. The minimum absolute atomic E-state index is 0.0678. The van der Waals surface area contributed by atoms with Crippen LogP contribution in [0.4, 0.5) is 4.79 Å². The normalized spacial score (nSPS) is 19.1. The molecule has 20 heavy (non-hydrogen) atoms. The highest BCUT2D eigenvalue weighted by atomic mass is 16.5. The zero-order chi connectivity index (χ0) is 15.0. The Kier molecular flexibility index (Phi) is 6.78. The molecule has 0 aromatic heterocycles. The molecule has 0 heterocycles. The Bertz CT molecular complexity index is 327. The third-order valence-electron chi connectivity index (χ3n) is 3.86. The average Bonchev–Trinajstić information content (AvgIpc) is 2.37. The second kappa shape index (κ2) is 8.09. The molecule has 1 atom stereocenters. The monoisotopic (exact) mass is 286 g/mol. The van der Waals surface area contributed by atoms with Crippen LogP contribution in [-0.4, -0.2) is 43.4 Å². The first-order chi connectivity index (χ1) is 9.47. The third kappa shape index (κ3) is 5.77. The number of hydrogen-bond acceptors (Lipinski definition) is 3. The van der Waals surface area contributed by atoms with Gasteiger partial charge in [-0.1, -0.05) is 19.3 Å². The van der Waals surface area contributed by atoms with Crippen molar-refractivity contribution < 1.29 is 19.4 Å². The molecule has 6 nitrogen and oxygen atoms in total. The lowest BCUT2D eigenvalue weighted by Crippen LogP contribution is -2.47. The molecule has 0 saturated heterocycles. The van der Waals surface area contributed by atoms with Crippen molar-refractivity contribution in [1.29, 1.82) is 0 Å². The van der Waals surface area contributed by atoms with Crippen LogP contribution in [0.2, 0.25) is 0 Å². The fraction of sp³-hybridized carbons (Fsp3) is 0.857. The van der Waals surface area contributed by atoms with Gasteiger partial charge in [-0.15, -0.1) is 0 Å². The van der Waals surface area contributed by atoms with E-state index in [1.807, 2.05) is 6.92 Å². The average molecular weight is 286 g/mol. The number of aliphatic carboxylic acids is 1. The fourth-order valence-corrected chi connectivity index (χ4v) is 2.87. The summed E-state index contributed by atoms with van der Waals surface area (Å²) >= 11 is 0. The van der Waals surface area contributed by atoms with Crippen molar-refractivity contribution in [3.63, 3.8) is 0 Å². The molecule has 1 rings (SSSR count). The van der Waals surface area contributed by atoms with Gasteiger partial charge in [-0.3, -0.25) is 4.79 Å². The molecule has 2 amide bonds. The number of carbonyl (C=O) groups excluding carboxylic acids is 1. The standard InChI is InChI=1S/C14H26N2O4/c1-11(9-20-2)16-13(19)15-10-14(8-12(17)18)6-4-3-5-7-14/h11H,3-10H2,1-2H3,(H,17,18)(H2,15,16,19). The van der Waals surface area contributed by atoms with Crippen LogP contribution in [0.1, 0.15) is 45.4 Å². The minimum atomic E-state index is -0.790. The predicted molar refractivity (Wildman–Crippen MR) is 75.6 cm³/mol. The number of ether oxygens (including phenoxy) is 1. The smallest absolute Gasteiger partial charge is 0.315 e. The van der Waals surface area contributed by atoms with Crippen LogP contribution in [0.3, 0.4) is 0 Å². The Morgan fingerprint density at radius 2 is 1.95 bits per heavy atom. The molecular formula is C14H26N2O4. The van der Waals surface area contributed by atoms with Crippen molar-refractivity contribution in [3.8, 4) is 0 Å². The van der Waals surface area contributed by atoms with Gasteiger partial charge >= 0.3 is 12.0 Å². The summed E-state index contributed by atoms with van der Waals surface area (Å²) in [7, 11) is 1.58. The Hall–Kier alpha value is -1.30. The van der Waals surface area contributed by atoms with Gasteiger partial charge in [-0.2, -0.15) is 0 Å². The maximum atomic E-state index is 11.8. The summed E-state index contributed by atoms with van der Waals surface area (Å²) in [6.45, 7) is 2.73. The van der Waals surface area contributed by atoms with Crippen molar-refractivity contribution in [3.05, 3.63) is 0 Å². The lowest BCUT2D eigenvalue weighted by Gasteiger charge is -2.36. The number of rotatable bonds is 7. The number of methoxy groups -OCH3 is 1. The molecule has 0 aromatic rings. The molecule has 1 saturated carbocycles. The molecule has 1 unspecified atom stereocenters. The molecule has 1 aliphatic carbocycles. The van der Waals surface area contributed by atoms with Gasteiger partial charge in [-0.05, 0) is 25.2 Å². The van der Waals surface area contributed by atoms with Crippen LogP contribution in [-0.2, 0) is 9.53 Å². The van der Waals surface area contributed by atoms with Crippen LogP contribution in [0.5, 0.6) is 0 Å². The first kappa shape index (κ1) is 16.8. The highest BCUT2D eigenvalue weighted by Gasteiger charge is 2.34. The number of urea groups is 1. The number of carbonyl (C=O) groups is 2. The second-order valence-electron chi connectivity index (χ2n) is 5.81. The van der Waals surface area contributed by atoms with E-state index in [0.29, 0.717) is 13.2 Å². The molecule has 1 aliphatic rings. The summed E-state index contributed by atoms with van der Waals surface area (Å²) < 4.78 is 4.95. The van der Waals surface area contributed by atoms with Crippen molar-refractivity contribution >= 4 is 12.0 Å². The molecule has 0 bridgehead atoms. The van der Waals surface area contributed by atoms with E-state index in [2.05, 4.69) is 10.6 Å². The van der Waals surface area contributed by atoms with Gasteiger partial charge in [0.2, 0.25) is 0 Å². The molecule has 0 aromatic carbocycles. The van der Waals surface area contributed by atoms with Gasteiger partial charge in [0.15, 0.2) is 0 Å². The first-order valence-corrected chi connectivity index (χ1v) is 7.22. The van der Waals surface area contributed by atoms with E-state index in [9.17, 15) is 9.59 Å². The Labute approximate surface area is 120 Å². The molecule has 0 radical (unpaired) electrons. The highest BCUT2D eigenvalue weighted by Crippen LogP contribution is 2.38. The van der Waals surface area contributed by atoms with Crippen LogP contribution in [0, 0.1) is 5.41 Å². The third-order valence-corrected chi connectivity index (χ3v) is 3.86. The van der Waals surface area contributed by atoms with Gasteiger partial charge < -0.3 is 20.5 Å². The maximum Gasteiger partial charge on any atom is 0.315 e. The molecule has 0 aliphatic heterocycles. The lowest BCUT2D eigenvalue weighted by molar-refractivity contribution is -0.140. The number of carboxylic acids is 1. The lowest BCUT2D eigenvalue weighted by atomic mass is 9.72. The Morgan fingerprint density at radius 1 is 1.30 bits per heavy atom. The Morgan fingerprint density at radius 3 is 2.50 bits per heavy atom. The van der Waals surface area contributed by atoms with Crippen molar-refractivity contribution in [1.82, 2.24) is 10.6 Å². The molecule has 3 N–H and O–H groups in total. The van der Waals surface area contributed by atoms with E-state index in [4.69, 9.17) is 9.84 Å². The van der Waals surface area contributed by atoms with Crippen LogP contribution >= 0.6 is 0 Å². The van der Waals surface area contributed by atoms with Crippen molar-refractivity contribution in [2.24, 2.45) is 5.41 Å². The molecular weight excluding hydrogens is 260 g/mol. The summed E-state index contributed by atoms with van der Waals surface area (Å²) in [6, 6.07) is -0.327. The Balaban J connectivity index is 2.45. The highest BCUT2D eigenvalue weighted by molar-refractivity contribution is 5.74. The predicted octanol–water partition coefficient (Wildman–Crippen LogP) is 1.75. The van der Waals surface area contributed by atoms with Gasteiger partial charge in [0.1, 0.15) is 0 Å². The second-order valence-corrected chi connectivity index (χ2v) is 5.81. The van der Waals surface area contributed by atoms with Crippen LogP contribution in [0.25, 0.3) is 0 Å². The number of carboxylic acid groups (broad SMARTS) is 1. The summed E-state index contributed by atoms with van der Waals surface area (Å²) in [4.78, 5) is 22.8. The van der Waals surface area contributed by atoms with E-state index in [1.165, 1.54) is 0 Å². The van der Waals surface area contributed by atoms with Gasteiger partial charge in [0.25, 0.3) is 0 Å². The number of nitrogens with one attached hydrogen (secondary N) is 2. The van der Waals surface area contributed by atoms with Gasteiger partial charge in [-0.25, -0.2) is 4.79 Å². The van der Waals surface area contributed by atoms with Crippen molar-refractivity contribution in [2.75, 3.05) is 20.3 Å². The number of hydrogen-bond donors (Lipinski definition) is 3. The summed E-state index contributed by atoms with van der Waals surface area (Å²) in [5.74, 6) is -0.790. The maximum absolute atomic E-state index is 11.8. The zero-order valence-electron chi connectivity index (χ0n) is 12.4. The summed E-state index contributed by atoms with van der Waals surface area (Å²) in [5.41, 5.74) is -0.286. The fourth-order valence-electron chi connectivity index (χ4n) is 2.87. The first-order valence-electron chi connectivity index (χ1n) is 7.22. The van der Waals surface area contributed by atoms with E-state index in [0.717, 1.165) is 32.1 Å². The van der Waals surface area contributed by atoms with Gasteiger partial charge in [0, 0.05) is 13.7 Å². The summed E-state index contributed by atoms with van der Waals surface area (Å²) in [5, 5.41) is 14.7. The molecule has 6 heteroatoms. The molecule has 116 valence electrons. The number of amides is 2. The van der Waals surface area contributed by atoms with Gasteiger partial charge in [0.05, 0.1) is 19.1 Å². The zero-order valence-corrected chi connectivity index (χ0v) is 12.4. The topological polar surface area (TPSA) is 87.7 Å².